The molecule has 0 aliphatic heterocycles. The van der Waals surface area contributed by atoms with E-state index in [4.69, 9.17) is 0 Å². The number of hydrogen-bond donors (Lipinski definition) is 1. The van der Waals surface area contributed by atoms with E-state index in [0.717, 1.165) is 0 Å². The maximum absolute atomic E-state index is 12.4. The second kappa shape index (κ2) is 5.62. The largest absolute Gasteiger partial charge is 0.392 e. The summed E-state index contributed by atoms with van der Waals surface area (Å²) in [4.78, 5) is 0.193. The minimum atomic E-state index is -3.52. The Morgan fingerprint density at radius 1 is 1.29 bits per heavy atom. The van der Waals surface area contributed by atoms with Crippen molar-refractivity contribution in [2.24, 2.45) is 0 Å². The maximum atomic E-state index is 12.4. The van der Waals surface area contributed by atoms with Crippen LogP contribution in [0.3, 0.4) is 0 Å². The third-order valence-corrected chi connectivity index (χ3v) is 4.87. The Bertz CT molecular complexity index is 468. The highest BCUT2D eigenvalue weighted by atomic mass is 32.2. The Kier molecular flexibility index (Phi) is 4.68. The molecule has 0 fully saturated rings. The summed E-state index contributed by atoms with van der Waals surface area (Å²) in [6.07, 6.45) is 0. The van der Waals surface area contributed by atoms with Gasteiger partial charge in [0, 0.05) is 12.6 Å². The molecule has 1 N–H and O–H groups in total. The molecule has 0 aromatic heterocycles. The van der Waals surface area contributed by atoms with E-state index >= 15 is 0 Å². The number of rotatable bonds is 5. The Balaban J connectivity index is 3.30. The number of hydrogen-bond acceptors (Lipinski definition) is 3. The molecule has 96 valence electrons. The Hall–Kier alpha value is -0.910. The first-order valence-corrected chi connectivity index (χ1v) is 7.09. The van der Waals surface area contributed by atoms with Crippen molar-refractivity contribution in [2.75, 3.05) is 6.54 Å². The molecule has 5 heteroatoms. The molecule has 1 rings (SSSR count). The Morgan fingerprint density at radius 2 is 1.88 bits per heavy atom. The lowest BCUT2D eigenvalue weighted by Gasteiger charge is -2.25. The van der Waals surface area contributed by atoms with Gasteiger partial charge in [0.05, 0.1) is 11.5 Å². The van der Waals surface area contributed by atoms with Gasteiger partial charge in [-0.1, -0.05) is 25.1 Å². The van der Waals surface area contributed by atoms with Gasteiger partial charge in [-0.15, -0.1) is 0 Å². The second-order valence-electron chi connectivity index (χ2n) is 4.07. The number of aliphatic hydroxyl groups is 1. The lowest BCUT2D eigenvalue weighted by Crippen LogP contribution is -2.37. The van der Waals surface area contributed by atoms with Crippen LogP contribution < -0.4 is 0 Å². The van der Waals surface area contributed by atoms with Crippen LogP contribution in [0.4, 0.5) is 0 Å². The molecule has 0 unspecified atom stereocenters. The van der Waals surface area contributed by atoms with Crippen molar-refractivity contribution in [2.45, 2.75) is 38.3 Å². The number of benzene rings is 1. The summed E-state index contributed by atoms with van der Waals surface area (Å²) in [5, 5.41) is 9.19. The Morgan fingerprint density at radius 3 is 2.35 bits per heavy atom. The van der Waals surface area contributed by atoms with E-state index in [-0.39, 0.29) is 17.5 Å². The van der Waals surface area contributed by atoms with Gasteiger partial charge in [-0.05, 0) is 25.5 Å². The van der Waals surface area contributed by atoms with Crippen molar-refractivity contribution in [3.63, 3.8) is 0 Å². The summed E-state index contributed by atoms with van der Waals surface area (Å²) in [5.41, 5.74) is 0.437. The van der Waals surface area contributed by atoms with Crippen molar-refractivity contribution in [3.8, 4) is 0 Å². The van der Waals surface area contributed by atoms with Crippen LogP contribution in [0.15, 0.2) is 29.2 Å². The standard InChI is InChI=1S/C12H19NO3S/c1-4-13(10(2)3)17(15,16)12-8-6-5-7-11(12)9-14/h5-8,10,14H,4,9H2,1-3H3. The van der Waals surface area contributed by atoms with Gasteiger partial charge in [-0.2, -0.15) is 4.31 Å². The summed E-state index contributed by atoms with van der Waals surface area (Å²) in [6, 6.07) is 6.44. The van der Waals surface area contributed by atoms with Gasteiger partial charge in [-0.3, -0.25) is 0 Å². The molecule has 0 bridgehead atoms. The molecule has 0 aliphatic carbocycles. The third-order valence-electron chi connectivity index (χ3n) is 2.62. The molecule has 1 aromatic carbocycles. The average Bonchev–Trinajstić information content (AvgIpc) is 2.29. The zero-order chi connectivity index (χ0) is 13.1. The first-order valence-electron chi connectivity index (χ1n) is 5.65. The van der Waals surface area contributed by atoms with Gasteiger partial charge in [0.1, 0.15) is 0 Å². The first-order chi connectivity index (χ1) is 7.95. The molecule has 0 spiro atoms. The fourth-order valence-electron chi connectivity index (χ4n) is 1.83. The molecule has 0 aliphatic rings. The SMILES string of the molecule is CCN(C(C)C)S(=O)(=O)c1ccccc1CO. The number of sulfonamides is 1. The van der Waals surface area contributed by atoms with E-state index in [0.29, 0.717) is 12.1 Å². The molecule has 4 nitrogen and oxygen atoms in total. The van der Waals surface area contributed by atoms with Crippen molar-refractivity contribution in [1.82, 2.24) is 4.31 Å². The van der Waals surface area contributed by atoms with Crippen molar-refractivity contribution < 1.29 is 13.5 Å². The van der Waals surface area contributed by atoms with Gasteiger partial charge in [0.15, 0.2) is 0 Å². The average molecular weight is 257 g/mol. The van der Waals surface area contributed by atoms with Crippen LogP contribution in [-0.4, -0.2) is 30.4 Å². The van der Waals surface area contributed by atoms with E-state index in [1.165, 1.54) is 10.4 Å². The summed E-state index contributed by atoms with van der Waals surface area (Å²) >= 11 is 0. The van der Waals surface area contributed by atoms with Crippen LogP contribution in [-0.2, 0) is 16.6 Å². The number of aliphatic hydroxyl groups excluding tert-OH is 1. The van der Waals surface area contributed by atoms with E-state index in [1.807, 2.05) is 13.8 Å². The predicted molar refractivity (Wildman–Crippen MR) is 67.1 cm³/mol. The van der Waals surface area contributed by atoms with Crippen molar-refractivity contribution >= 4 is 10.0 Å². The number of nitrogens with zero attached hydrogens (tertiary/aromatic N) is 1. The lowest BCUT2D eigenvalue weighted by atomic mass is 10.2. The molecule has 0 heterocycles. The highest BCUT2D eigenvalue weighted by Crippen LogP contribution is 2.21. The third kappa shape index (κ3) is 2.86. The summed E-state index contributed by atoms with van der Waals surface area (Å²) in [7, 11) is -3.52. The topological polar surface area (TPSA) is 57.6 Å². The second-order valence-corrected chi connectivity index (χ2v) is 5.93. The van der Waals surface area contributed by atoms with Gasteiger partial charge >= 0.3 is 0 Å². The highest BCUT2D eigenvalue weighted by Gasteiger charge is 2.27. The zero-order valence-corrected chi connectivity index (χ0v) is 11.2. The van der Waals surface area contributed by atoms with Gasteiger partial charge < -0.3 is 5.11 Å². The molecule has 0 saturated carbocycles. The highest BCUT2D eigenvalue weighted by molar-refractivity contribution is 7.89. The van der Waals surface area contributed by atoms with Crippen LogP contribution in [0, 0.1) is 0 Å². The summed E-state index contributed by atoms with van der Waals surface area (Å²) in [5.74, 6) is 0. The van der Waals surface area contributed by atoms with E-state index in [9.17, 15) is 13.5 Å². The molecule has 0 atom stereocenters. The van der Waals surface area contributed by atoms with Crippen molar-refractivity contribution in [3.05, 3.63) is 29.8 Å². The monoisotopic (exact) mass is 257 g/mol. The normalized spacial score (nSPS) is 12.4. The van der Waals surface area contributed by atoms with Gasteiger partial charge in [0.2, 0.25) is 10.0 Å². The van der Waals surface area contributed by atoms with Crippen LogP contribution in [0.25, 0.3) is 0 Å². The van der Waals surface area contributed by atoms with Crippen LogP contribution in [0.1, 0.15) is 26.3 Å². The summed E-state index contributed by atoms with van der Waals surface area (Å²) < 4.78 is 26.2. The molecule has 17 heavy (non-hydrogen) atoms. The zero-order valence-electron chi connectivity index (χ0n) is 10.4. The summed E-state index contributed by atoms with van der Waals surface area (Å²) in [6.45, 7) is 5.62. The fraction of sp³-hybridized carbons (Fsp3) is 0.500. The van der Waals surface area contributed by atoms with Gasteiger partial charge in [0.25, 0.3) is 0 Å². The molecule has 0 amide bonds. The minimum Gasteiger partial charge on any atom is -0.392 e. The fourth-order valence-corrected chi connectivity index (χ4v) is 3.69. The maximum Gasteiger partial charge on any atom is 0.243 e. The van der Waals surface area contributed by atoms with Crippen molar-refractivity contribution in [1.29, 1.82) is 0 Å². The van der Waals surface area contributed by atoms with Gasteiger partial charge in [-0.25, -0.2) is 8.42 Å². The van der Waals surface area contributed by atoms with E-state index in [2.05, 4.69) is 0 Å². The molecule has 0 radical (unpaired) electrons. The molecule has 0 saturated heterocycles. The minimum absolute atomic E-state index is 0.100. The predicted octanol–water partition coefficient (Wildman–Crippen LogP) is 1.60. The van der Waals surface area contributed by atoms with Crippen LogP contribution in [0.2, 0.25) is 0 Å². The van der Waals surface area contributed by atoms with E-state index < -0.39 is 10.0 Å². The quantitative estimate of drug-likeness (QED) is 0.871. The van der Waals surface area contributed by atoms with E-state index in [1.54, 1.807) is 25.1 Å². The molecule has 1 aromatic rings. The molecular formula is C12H19NO3S. The smallest absolute Gasteiger partial charge is 0.243 e. The Labute approximate surface area is 103 Å². The molecular weight excluding hydrogens is 238 g/mol. The van der Waals surface area contributed by atoms with Crippen LogP contribution in [0.5, 0.6) is 0 Å². The first kappa shape index (κ1) is 14.2. The van der Waals surface area contributed by atoms with Crippen LogP contribution >= 0.6 is 0 Å². The lowest BCUT2D eigenvalue weighted by molar-refractivity contribution is 0.277.